The number of carbonyl (C=O) groups excluding carboxylic acids is 1. The van der Waals surface area contributed by atoms with Gasteiger partial charge in [-0.15, -0.1) is 0 Å². The molecule has 0 atom stereocenters. The predicted octanol–water partition coefficient (Wildman–Crippen LogP) is 3.01. The molecule has 0 aliphatic heterocycles. The fraction of sp³-hybridized carbons (Fsp3) is 0.125. The number of hydrogen-bond acceptors (Lipinski definition) is 3. The lowest BCUT2D eigenvalue weighted by molar-refractivity contribution is 0.0601. The van der Waals surface area contributed by atoms with Crippen LogP contribution in [0.1, 0.15) is 15.9 Å². The van der Waals surface area contributed by atoms with Crippen molar-refractivity contribution in [2.45, 2.75) is 6.54 Å². The molecule has 2 aromatic carbocycles. The molecule has 0 amide bonds. The molecule has 0 spiro atoms. The minimum atomic E-state index is -0.383. The Kier molecular flexibility index (Phi) is 3.39. The first-order chi connectivity index (χ1) is 10.2. The van der Waals surface area contributed by atoms with E-state index in [1.165, 1.54) is 19.2 Å². The van der Waals surface area contributed by atoms with E-state index in [9.17, 15) is 9.18 Å². The molecule has 0 radical (unpaired) electrons. The molecule has 0 aliphatic rings. The lowest BCUT2D eigenvalue weighted by Crippen LogP contribution is -2.04. The summed E-state index contributed by atoms with van der Waals surface area (Å²) in [5, 5.41) is 5.25. The van der Waals surface area contributed by atoms with Crippen LogP contribution < -0.4 is 0 Å². The molecule has 1 heterocycles. The Labute approximate surface area is 120 Å². The van der Waals surface area contributed by atoms with Crippen LogP contribution in [0, 0.1) is 5.82 Å². The highest BCUT2D eigenvalue weighted by molar-refractivity contribution is 5.94. The smallest absolute Gasteiger partial charge is 0.337 e. The number of halogens is 1. The number of carbonyl (C=O) groups is 1. The van der Waals surface area contributed by atoms with Crippen molar-refractivity contribution in [1.82, 2.24) is 9.78 Å². The van der Waals surface area contributed by atoms with E-state index in [-0.39, 0.29) is 11.8 Å². The lowest BCUT2D eigenvalue weighted by Gasteiger charge is -2.05. The zero-order chi connectivity index (χ0) is 14.8. The summed E-state index contributed by atoms with van der Waals surface area (Å²) in [6.07, 6.45) is 1.74. The van der Waals surface area contributed by atoms with Gasteiger partial charge in [-0.1, -0.05) is 18.2 Å². The standard InChI is InChI=1S/C16H13FN2O2/c1-21-16(20)12-4-5-13-9-18-19(15(13)8-12)10-11-2-6-14(17)7-3-11/h2-9H,10H2,1H3. The third-order valence-corrected chi connectivity index (χ3v) is 3.31. The molecule has 4 nitrogen and oxygen atoms in total. The number of fused-ring (bicyclic) bond motifs is 1. The monoisotopic (exact) mass is 284 g/mol. The summed E-state index contributed by atoms with van der Waals surface area (Å²) in [6, 6.07) is 11.5. The minimum absolute atomic E-state index is 0.267. The van der Waals surface area contributed by atoms with Gasteiger partial charge in [0.05, 0.1) is 30.9 Å². The first kappa shape index (κ1) is 13.3. The number of ether oxygens (including phenoxy) is 1. The molecule has 3 aromatic rings. The van der Waals surface area contributed by atoms with E-state index in [2.05, 4.69) is 5.10 Å². The number of methoxy groups -OCH3 is 1. The maximum atomic E-state index is 12.9. The van der Waals surface area contributed by atoms with Crippen molar-refractivity contribution in [3.05, 3.63) is 65.6 Å². The number of hydrogen-bond donors (Lipinski definition) is 0. The van der Waals surface area contributed by atoms with Crippen LogP contribution in [0.5, 0.6) is 0 Å². The number of benzene rings is 2. The van der Waals surface area contributed by atoms with Crippen LogP contribution in [0.2, 0.25) is 0 Å². The predicted molar refractivity (Wildman–Crippen MR) is 76.6 cm³/mol. The van der Waals surface area contributed by atoms with Gasteiger partial charge in [0, 0.05) is 5.39 Å². The molecule has 0 aliphatic carbocycles. The highest BCUT2D eigenvalue weighted by Crippen LogP contribution is 2.18. The average molecular weight is 284 g/mol. The SMILES string of the molecule is COC(=O)c1ccc2cnn(Cc3ccc(F)cc3)c2c1. The van der Waals surface area contributed by atoms with Crippen molar-refractivity contribution in [2.75, 3.05) is 7.11 Å². The fourth-order valence-corrected chi connectivity index (χ4v) is 2.20. The van der Waals surface area contributed by atoms with Crippen LogP contribution in [0.25, 0.3) is 10.9 Å². The summed E-state index contributed by atoms with van der Waals surface area (Å²) in [5.74, 6) is -0.650. The molecule has 0 N–H and O–H groups in total. The van der Waals surface area contributed by atoms with E-state index >= 15 is 0 Å². The molecular weight excluding hydrogens is 271 g/mol. The zero-order valence-corrected chi connectivity index (χ0v) is 11.4. The highest BCUT2D eigenvalue weighted by atomic mass is 19.1. The van der Waals surface area contributed by atoms with Gasteiger partial charge in [-0.2, -0.15) is 5.10 Å². The van der Waals surface area contributed by atoms with Gasteiger partial charge in [-0.05, 0) is 29.8 Å². The van der Waals surface area contributed by atoms with Crippen molar-refractivity contribution < 1.29 is 13.9 Å². The molecule has 1 aromatic heterocycles. The molecular formula is C16H13FN2O2. The summed E-state index contributed by atoms with van der Waals surface area (Å²) in [6.45, 7) is 0.508. The molecule has 0 saturated heterocycles. The average Bonchev–Trinajstić information content (AvgIpc) is 2.91. The Balaban J connectivity index is 1.98. The summed E-state index contributed by atoms with van der Waals surface area (Å²) < 4.78 is 19.4. The van der Waals surface area contributed by atoms with Gasteiger partial charge >= 0.3 is 5.97 Å². The van der Waals surface area contributed by atoms with Crippen molar-refractivity contribution >= 4 is 16.9 Å². The lowest BCUT2D eigenvalue weighted by atomic mass is 10.1. The summed E-state index contributed by atoms with van der Waals surface area (Å²) >= 11 is 0. The summed E-state index contributed by atoms with van der Waals surface area (Å²) in [5.41, 5.74) is 2.25. The van der Waals surface area contributed by atoms with Gasteiger partial charge < -0.3 is 4.74 Å². The Morgan fingerprint density at radius 1 is 1.24 bits per heavy atom. The number of aromatic nitrogens is 2. The van der Waals surface area contributed by atoms with E-state index in [4.69, 9.17) is 4.74 Å². The van der Waals surface area contributed by atoms with Crippen LogP contribution in [-0.2, 0) is 11.3 Å². The second-order valence-electron chi connectivity index (χ2n) is 4.69. The topological polar surface area (TPSA) is 44.1 Å². The van der Waals surface area contributed by atoms with Crippen LogP contribution in [0.4, 0.5) is 4.39 Å². The molecule has 0 fully saturated rings. The van der Waals surface area contributed by atoms with E-state index in [1.54, 1.807) is 35.1 Å². The van der Waals surface area contributed by atoms with Crippen molar-refractivity contribution in [3.63, 3.8) is 0 Å². The zero-order valence-electron chi connectivity index (χ0n) is 11.4. The van der Waals surface area contributed by atoms with E-state index in [0.29, 0.717) is 12.1 Å². The van der Waals surface area contributed by atoms with Gasteiger partial charge in [-0.3, -0.25) is 4.68 Å². The van der Waals surface area contributed by atoms with Crippen LogP contribution in [-0.4, -0.2) is 22.9 Å². The summed E-state index contributed by atoms with van der Waals surface area (Å²) in [7, 11) is 1.35. The first-order valence-electron chi connectivity index (χ1n) is 6.46. The van der Waals surface area contributed by atoms with Gasteiger partial charge in [-0.25, -0.2) is 9.18 Å². The van der Waals surface area contributed by atoms with Gasteiger partial charge in [0.2, 0.25) is 0 Å². The van der Waals surface area contributed by atoms with E-state index in [0.717, 1.165) is 16.5 Å². The van der Waals surface area contributed by atoms with E-state index < -0.39 is 0 Å². The second kappa shape index (κ2) is 5.36. The Hall–Kier alpha value is -2.69. The highest BCUT2D eigenvalue weighted by Gasteiger charge is 2.09. The van der Waals surface area contributed by atoms with E-state index in [1.807, 2.05) is 6.07 Å². The third-order valence-electron chi connectivity index (χ3n) is 3.31. The quantitative estimate of drug-likeness (QED) is 0.694. The van der Waals surface area contributed by atoms with Crippen molar-refractivity contribution in [3.8, 4) is 0 Å². The molecule has 0 unspecified atom stereocenters. The molecule has 0 bridgehead atoms. The third kappa shape index (κ3) is 2.63. The molecule has 5 heteroatoms. The van der Waals surface area contributed by atoms with Gasteiger partial charge in [0.15, 0.2) is 0 Å². The molecule has 106 valence electrons. The number of rotatable bonds is 3. The Morgan fingerprint density at radius 2 is 2.00 bits per heavy atom. The molecule has 21 heavy (non-hydrogen) atoms. The second-order valence-corrected chi connectivity index (χ2v) is 4.69. The van der Waals surface area contributed by atoms with Crippen LogP contribution >= 0.6 is 0 Å². The number of nitrogens with zero attached hydrogens (tertiary/aromatic N) is 2. The summed E-state index contributed by atoms with van der Waals surface area (Å²) in [4.78, 5) is 11.6. The Morgan fingerprint density at radius 3 is 2.71 bits per heavy atom. The minimum Gasteiger partial charge on any atom is -0.465 e. The normalized spacial score (nSPS) is 10.8. The maximum absolute atomic E-state index is 12.9. The van der Waals surface area contributed by atoms with Gasteiger partial charge in [0.1, 0.15) is 5.82 Å². The first-order valence-corrected chi connectivity index (χ1v) is 6.46. The largest absolute Gasteiger partial charge is 0.465 e. The van der Waals surface area contributed by atoms with Crippen LogP contribution in [0.15, 0.2) is 48.7 Å². The maximum Gasteiger partial charge on any atom is 0.337 e. The molecule has 0 saturated carbocycles. The van der Waals surface area contributed by atoms with Gasteiger partial charge in [0.25, 0.3) is 0 Å². The van der Waals surface area contributed by atoms with Crippen molar-refractivity contribution in [2.24, 2.45) is 0 Å². The Bertz CT molecular complexity index is 794. The fourth-order valence-electron chi connectivity index (χ4n) is 2.20. The number of esters is 1. The van der Waals surface area contributed by atoms with Crippen molar-refractivity contribution in [1.29, 1.82) is 0 Å². The van der Waals surface area contributed by atoms with Crippen LogP contribution in [0.3, 0.4) is 0 Å². The molecule has 3 rings (SSSR count).